The highest BCUT2D eigenvalue weighted by atomic mass is 35.5. The van der Waals surface area contributed by atoms with Gasteiger partial charge in [-0.05, 0) is 24.6 Å². The van der Waals surface area contributed by atoms with E-state index in [0.29, 0.717) is 11.3 Å². The summed E-state index contributed by atoms with van der Waals surface area (Å²) in [4.78, 5) is 22.6. The average Bonchev–Trinajstić information content (AvgIpc) is 2.31. The van der Waals surface area contributed by atoms with Crippen molar-refractivity contribution in [3.63, 3.8) is 0 Å². The van der Waals surface area contributed by atoms with Crippen LogP contribution in [0, 0.1) is 6.92 Å². The van der Waals surface area contributed by atoms with E-state index in [1.165, 1.54) is 7.11 Å². The molecule has 1 rings (SSSR count). The van der Waals surface area contributed by atoms with Gasteiger partial charge < -0.3 is 15.8 Å². The molecule has 0 aliphatic heterocycles. The quantitative estimate of drug-likeness (QED) is 0.639. The first-order valence-corrected chi connectivity index (χ1v) is 5.25. The SMILES string of the molecule is COC(=O)CCNC(=O)c1cc(N)ccc1C.Cl. The summed E-state index contributed by atoms with van der Waals surface area (Å²) in [6, 6.07) is 5.13. The van der Waals surface area contributed by atoms with Gasteiger partial charge in [0, 0.05) is 17.8 Å². The number of nitrogens with two attached hydrogens (primary N) is 1. The minimum Gasteiger partial charge on any atom is -0.469 e. The number of methoxy groups -OCH3 is 1. The second-order valence-electron chi connectivity index (χ2n) is 3.66. The van der Waals surface area contributed by atoms with Gasteiger partial charge >= 0.3 is 5.97 Å². The lowest BCUT2D eigenvalue weighted by molar-refractivity contribution is -0.140. The minimum atomic E-state index is -0.352. The smallest absolute Gasteiger partial charge is 0.307 e. The standard InChI is InChI=1S/C12H16N2O3.ClH/c1-8-3-4-9(13)7-10(8)12(16)14-6-5-11(15)17-2;/h3-4,7H,5-6,13H2,1-2H3,(H,14,16);1H. The van der Waals surface area contributed by atoms with Gasteiger partial charge in [0.25, 0.3) is 5.91 Å². The number of hydrogen-bond acceptors (Lipinski definition) is 4. The van der Waals surface area contributed by atoms with Crippen LogP contribution in [0.3, 0.4) is 0 Å². The number of amides is 1. The van der Waals surface area contributed by atoms with E-state index in [1.54, 1.807) is 18.2 Å². The van der Waals surface area contributed by atoms with Crippen LogP contribution in [0.25, 0.3) is 0 Å². The Morgan fingerprint density at radius 2 is 2.06 bits per heavy atom. The van der Waals surface area contributed by atoms with E-state index in [1.807, 2.05) is 6.92 Å². The molecule has 1 aromatic carbocycles. The van der Waals surface area contributed by atoms with Crippen molar-refractivity contribution in [1.29, 1.82) is 0 Å². The Hall–Kier alpha value is -1.75. The molecule has 0 unspecified atom stereocenters. The van der Waals surface area contributed by atoms with Gasteiger partial charge in [-0.1, -0.05) is 6.07 Å². The molecule has 0 aliphatic carbocycles. The summed E-state index contributed by atoms with van der Waals surface area (Å²) in [6.45, 7) is 2.08. The minimum absolute atomic E-state index is 0. The number of nitrogen functional groups attached to an aromatic ring is 1. The molecule has 0 saturated heterocycles. The van der Waals surface area contributed by atoms with Gasteiger partial charge in [0.05, 0.1) is 13.5 Å². The van der Waals surface area contributed by atoms with Gasteiger partial charge in [-0.15, -0.1) is 12.4 Å². The molecule has 0 aromatic heterocycles. The van der Waals surface area contributed by atoms with Crippen molar-refractivity contribution < 1.29 is 14.3 Å². The number of aryl methyl sites for hydroxylation is 1. The lowest BCUT2D eigenvalue weighted by Crippen LogP contribution is -2.27. The van der Waals surface area contributed by atoms with E-state index in [-0.39, 0.29) is 37.2 Å². The predicted molar refractivity (Wildman–Crippen MR) is 71.8 cm³/mol. The molecule has 0 radical (unpaired) electrons. The molecule has 0 heterocycles. The molecule has 0 bridgehead atoms. The Morgan fingerprint density at radius 1 is 1.39 bits per heavy atom. The van der Waals surface area contributed by atoms with Gasteiger partial charge in [-0.25, -0.2) is 0 Å². The summed E-state index contributed by atoms with van der Waals surface area (Å²) in [6.07, 6.45) is 0.156. The van der Waals surface area contributed by atoms with Crippen LogP contribution < -0.4 is 11.1 Å². The van der Waals surface area contributed by atoms with E-state index < -0.39 is 0 Å². The number of carbonyl (C=O) groups excluding carboxylic acids is 2. The number of anilines is 1. The van der Waals surface area contributed by atoms with Crippen molar-refractivity contribution in [2.45, 2.75) is 13.3 Å². The number of halogens is 1. The Balaban J connectivity index is 0.00000289. The zero-order valence-electron chi connectivity index (χ0n) is 10.4. The fourth-order valence-corrected chi connectivity index (χ4v) is 1.36. The Labute approximate surface area is 112 Å². The van der Waals surface area contributed by atoms with Gasteiger partial charge in [0.1, 0.15) is 0 Å². The molecule has 3 N–H and O–H groups in total. The van der Waals surface area contributed by atoms with E-state index in [9.17, 15) is 9.59 Å². The monoisotopic (exact) mass is 272 g/mol. The van der Waals surface area contributed by atoms with Crippen molar-refractivity contribution in [1.82, 2.24) is 5.32 Å². The number of benzene rings is 1. The zero-order valence-corrected chi connectivity index (χ0v) is 11.2. The van der Waals surface area contributed by atoms with Crippen LogP contribution >= 0.6 is 12.4 Å². The van der Waals surface area contributed by atoms with E-state index in [0.717, 1.165) is 5.56 Å². The van der Waals surface area contributed by atoms with E-state index >= 15 is 0 Å². The maximum absolute atomic E-state index is 11.8. The molecule has 0 fully saturated rings. The molecule has 6 heteroatoms. The molecule has 1 amide bonds. The fraction of sp³-hybridized carbons (Fsp3) is 0.333. The first-order valence-electron chi connectivity index (χ1n) is 5.25. The third-order valence-electron chi connectivity index (χ3n) is 2.35. The summed E-state index contributed by atoms with van der Waals surface area (Å²) in [5.74, 6) is -0.590. The van der Waals surface area contributed by atoms with Crippen LogP contribution in [0.4, 0.5) is 5.69 Å². The molecule has 0 atom stereocenters. The van der Waals surface area contributed by atoms with Crippen LogP contribution in [0.5, 0.6) is 0 Å². The Morgan fingerprint density at radius 3 is 2.67 bits per heavy atom. The molecular weight excluding hydrogens is 256 g/mol. The van der Waals surface area contributed by atoms with Crippen molar-refractivity contribution >= 4 is 30.0 Å². The Kier molecular flexibility index (Phi) is 6.82. The second-order valence-corrected chi connectivity index (χ2v) is 3.66. The first-order chi connectivity index (χ1) is 8.04. The summed E-state index contributed by atoms with van der Waals surface area (Å²) in [5, 5.41) is 2.64. The summed E-state index contributed by atoms with van der Waals surface area (Å²) in [5.41, 5.74) is 7.51. The number of carbonyl (C=O) groups is 2. The maximum Gasteiger partial charge on any atom is 0.307 e. The number of hydrogen-bond donors (Lipinski definition) is 2. The van der Waals surface area contributed by atoms with Gasteiger partial charge in [0.2, 0.25) is 0 Å². The van der Waals surface area contributed by atoms with Gasteiger partial charge in [0.15, 0.2) is 0 Å². The van der Waals surface area contributed by atoms with Crippen molar-refractivity contribution in [2.75, 3.05) is 19.4 Å². The van der Waals surface area contributed by atoms with Crippen LogP contribution in [0.1, 0.15) is 22.3 Å². The van der Waals surface area contributed by atoms with Crippen LogP contribution in [-0.4, -0.2) is 25.5 Å². The molecule has 1 aromatic rings. The molecule has 0 aliphatic rings. The molecule has 100 valence electrons. The van der Waals surface area contributed by atoms with Crippen molar-refractivity contribution in [3.8, 4) is 0 Å². The predicted octanol–water partition coefficient (Wildman–Crippen LogP) is 1.29. The number of ether oxygens (including phenoxy) is 1. The van der Waals surface area contributed by atoms with Gasteiger partial charge in [-0.2, -0.15) is 0 Å². The van der Waals surface area contributed by atoms with E-state index in [4.69, 9.17) is 5.73 Å². The summed E-state index contributed by atoms with van der Waals surface area (Å²) >= 11 is 0. The molecule has 5 nitrogen and oxygen atoms in total. The highest BCUT2D eigenvalue weighted by Gasteiger charge is 2.09. The largest absolute Gasteiger partial charge is 0.469 e. The van der Waals surface area contributed by atoms with Crippen molar-refractivity contribution in [3.05, 3.63) is 29.3 Å². The maximum atomic E-state index is 11.8. The van der Waals surface area contributed by atoms with Crippen LogP contribution in [0.2, 0.25) is 0 Å². The first kappa shape index (κ1) is 16.2. The number of rotatable bonds is 4. The van der Waals surface area contributed by atoms with Crippen molar-refractivity contribution in [2.24, 2.45) is 0 Å². The topological polar surface area (TPSA) is 81.4 Å². The van der Waals surface area contributed by atoms with Crippen LogP contribution in [0.15, 0.2) is 18.2 Å². The molecule has 0 spiro atoms. The Bertz CT molecular complexity index is 435. The molecular formula is C12H17ClN2O3. The highest BCUT2D eigenvalue weighted by Crippen LogP contribution is 2.12. The highest BCUT2D eigenvalue weighted by molar-refractivity contribution is 5.96. The summed E-state index contributed by atoms with van der Waals surface area (Å²) in [7, 11) is 1.31. The second kappa shape index (κ2) is 7.55. The fourth-order valence-electron chi connectivity index (χ4n) is 1.36. The average molecular weight is 273 g/mol. The normalized spacial score (nSPS) is 9.22. The third-order valence-corrected chi connectivity index (χ3v) is 2.35. The van der Waals surface area contributed by atoms with Gasteiger partial charge in [-0.3, -0.25) is 9.59 Å². The van der Waals surface area contributed by atoms with E-state index in [2.05, 4.69) is 10.1 Å². The number of esters is 1. The summed E-state index contributed by atoms with van der Waals surface area (Å²) < 4.78 is 4.47. The molecule has 0 saturated carbocycles. The third kappa shape index (κ3) is 4.63. The lowest BCUT2D eigenvalue weighted by atomic mass is 10.1. The van der Waals surface area contributed by atoms with Crippen LogP contribution in [-0.2, 0) is 9.53 Å². The zero-order chi connectivity index (χ0) is 12.8. The lowest BCUT2D eigenvalue weighted by Gasteiger charge is -2.07. The number of nitrogens with one attached hydrogen (secondary N) is 1. The molecule has 18 heavy (non-hydrogen) atoms.